The quantitative estimate of drug-likeness (QED) is 0.698. The highest BCUT2D eigenvalue weighted by Gasteiger charge is 2.33. The summed E-state index contributed by atoms with van der Waals surface area (Å²) >= 11 is 3.46. The molecule has 1 atom stereocenters. The van der Waals surface area contributed by atoms with E-state index < -0.39 is 10.0 Å². The summed E-state index contributed by atoms with van der Waals surface area (Å²) in [6, 6.07) is 10.2. The fourth-order valence-electron chi connectivity index (χ4n) is 3.60. The summed E-state index contributed by atoms with van der Waals surface area (Å²) in [5.41, 5.74) is 2.71. The van der Waals surface area contributed by atoms with Gasteiger partial charge in [-0.3, -0.25) is 4.79 Å². The Balaban J connectivity index is 1.75. The number of aryl methyl sites for hydroxylation is 2. The van der Waals surface area contributed by atoms with Crippen LogP contribution in [0.4, 0.5) is 5.69 Å². The van der Waals surface area contributed by atoms with Gasteiger partial charge in [-0.25, -0.2) is 8.42 Å². The molecule has 2 aromatic carbocycles. The number of ether oxygens (including phenoxy) is 1. The van der Waals surface area contributed by atoms with E-state index in [1.807, 2.05) is 26.0 Å². The van der Waals surface area contributed by atoms with E-state index in [0.717, 1.165) is 21.3 Å². The number of hydrogen-bond donors (Lipinski definition) is 1. The molecule has 0 bridgehead atoms. The molecule has 29 heavy (non-hydrogen) atoms. The number of carbonyl (C=O) groups excluding carboxylic acids is 1. The molecule has 8 heteroatoms. The molecule has 3 rings (SSSR count). The summed E-state index contributed by atoms with van der Waals surface area (Å²) in [5, 5.41) is 3.00. The zero-order chi connectivity index (χ0) is 21.2. The number of carbonyl (C=O) groups is 1. The molecule has 0 aromatic heterocycles. The summed E-state index contributed by atoms with van der Waals surface area (Å²) in [6.07, 6.45) is 1.31. The second-order valence-electron chi connectivity index (χ2n) is 7.28. The second-order valence-corrected chi connectivity index (χ2v) is 10.1. The molecule has 1 aliphatic rings. The van der Waals surface area contributed by atoms with Gasteiger partial charge < -0.3 is 10.1 Å². The number of anilines is 1. The topological polar surface area (TPSA) is 75.7 Å². The van der Waals surface area contributed by atoms with Crippen molar-refractivity contribution in [2.45, 2.75) is 31.6 Å². The van der Waals surface area contributed by atoms with Gasteiger partial charge in [0, 0.05) is 23.2 Å². The van der Waals surface area contributed by atoms with Crippen molar-refractivity contribution in [1.82, 2.24) is 4.31 Å². The first-order chi connectivity index (χ1) is 13.7. The fourth-order valence-corrected chi connectivity index (χ4v) is 5.82. The van der Waals surface area contributed by atoms with Gasteiger partial charge in [-0.15, -0.1) is 0 Å². The lowest BCUT2D eigenvalue weighted by Gasteiger charge is -2.31. The number of halogens is 1. The van der Waals surface area contributed by atoms with E-state index >= 15 is 0 Å². The van der Waals surface area contributed by atoms with Crippen molar-refractivity contribution >= 4 is 37.5 Å². The van der Waals surface area contributed by atoms with Crippen LogP contribution >= 0.6 is 15.9 Å². The molecule has 1 N–H and O–H groups in total. The summed E-state index contributed by atoms with van der Waals surface area (Å²) in [7, 11) is -2.12. The number of benzene rings is 2. The number of nitrogens with one attached hydrogen (secondary N) is 1. The largest absolute Gasteiger partial charge is 0.497 e. The van der Waals surface area contributed by atoms with Crippen molar-refractivity contribution in [3.05, 3.63) is 52.0 Å². The number of sulfonamides is 1. The van der Waals surface area contributed by atoms with Crippen molar-refractivity contribution in [3.8, 4) is 5.75 Å². The summed E-state index contributed by atoms with van der Waals surface area (Å²) in [5.74, 6) is 0.0625. The van der Waals surface area contributed by atoms with Crippen LogP contribution in [0.15, 0.2) is 45.8 Å². The first-order valence-electron chi connectivity index (χ1n) is 9.44. The maximum absolute atomic E-state index is 13.0. The number of piperidine rings is 1. The molecule has 0 spiro atoms. The molecule has 6 nitrogen and oxygen atoms in total. The normalized spacial score (nSPS) is 17.7. The first-order valence-corrected chi connectivity index (χ1v) is 11.7. The molecule has 0 radical (unpaired) electrons. The standard InChI is InChI=1S/C21H25BrN2O4S/c1-14-11-17(22)12-15(2)20(14)23-21(25)16-5-4-10-24(13-16)29(26,27)19-8-6-18(28-3)7-9-19/h6-9,11-12,16H,4-5,10,13H2,1-3H3,(H,23,25). The van der Waals surface area contributed by atoms with Gasteiger partial charge in [-0.1, -0.05) is 15.9 Å². The van der Waals surface area contributed by atoms with Crippen molar-refractivity contribution in [2.24, 2.45) is 5.92 Å². The molecule has 156 valence electrons. The third-order valence-electron chi connectivity index (χ3n) is 5.20. The molecule has 1 aliphatic heterocycles. The number of rotatable bonds is 5. The molecular formula is C21H25BrN2O4S. The van der Waals surface area contributed by atoms with Gasteiger partial charge in [0.2, 0.25) is 15.9 Å². The monoisotopic (exact) mass is 480 g/mol. The highest BCUT2D eigenvalue weighted by molar-refractivity contribution is 9.10. The minimum Gasteiger partial charge on any atom is -0.497 e. The van der Waals surface area contributed by atoms with Crippen LogP contribution in [0.25, 0.3) is 0 Å². The predicted molar refractivity (Wildman–Crippen MR) is 117 cm³/mol. The van der Waals surface area contributed by atoms with Crippen molar-refractivity contribution in [1.29, 1.82) is 0 Å². The number of methoxy groups -OCH3 is 1. The third kappa shape index (κ3) is 4.82. The average molecular weight is 481 g/mol. The number of amides is 1. The van der Waals surface area contributed by atoms with Crippen LogP contribution in [0.1, 0.15) is 24.0 Å². The summed E-state index contributed by atoms with van der Waals surface area (Å²) in [6.45, 7) is 4.46. The van der Waals surface area contributed by atoms with Crippen LogP contribution < -0.4 is 10.1 Å². The molecule has 0 saturated carbocycles. The van der Waals surface area contributed by atoms with Gasteiger partial charge >= 0.3 is 0 Å². The molecule has 1 amide bonds. The second kappa shape index (κ2) is 8.85. The molecule has 1 heterocycles. The SMILES string of the molecule is COc1ccc(S(=O)(=O)N2CCCC(C(=O)Nc3c(C)cc(Br)cc3C)C2)cc1. The minimum atomic E-state index is -3.66. The van der Waals surface area contributed by atoms with Gasteiger partial charge in [-0.2, -0.15) is 4.31 Å². The Bertz CT molecular complexity index is 983. The van der Waals surface area contributed by atoms with Gasteiger partial charge in [0.1, 0.15) is 5.75 Å². The maximum Gasteiger partial charge on any atom is 0.243 e. The Morgan fingerprint density at radius 1 is 1.17 bits per heavy atom. The number of nitrogens with zero attached hydrogens (tertiary/aromatic N) is 1. The molecule has 2 aromatic rings. The van der Waals surface area contributed by atoms with Gasteiger partial charge in [0.25, 0.3) is 0 Å². The van der Waals surface area contributed by atoms with E-state index in [4.69, 9.17) is 4.74 Å². The van der Waals surface area contributed by atoms with Gasteiger partial charge in [0.05, 0.1) is 17.9 Å². The average Bonchev–Trinajstić information content (AvgIpc) is 2.70. The van der Waals surface area contributed by atoms with Crippen molar-refractivity contribution in [2.75, 3.05) is 25.5 Å². The Labute approximate surface area is 180 Å². The van der Waals surface area contributed by atoms with Gasteiger partial charge in [0.15, 0.2) is 0 Å². The first kappa shape index (κ1) is 21.8. The zero-order valence-corrected chi connectivity index (χ0v) is 19.1. The van der Waals surface area contributed by atoms with E-state index in [2.05, 4.69) is 21.2 Å². The maximum atomic E-state index is 13.0. The third-order valence-corrected chi connectivity index (χ3v) is 7.53. The Kier molecular flexibility index (Phi) is 6.65. The molecule has 1 unspecified atom stereocenters. The zero-order valence-electron chi connectivity index (χ0n) is 16.7. The Morgan fingerprint density at radius 3 is 2.38 bits per heavy atom. The van der Waals surface area contributed by atoms with Crippen LogP contribution in [0.5, 0.6) is 5.75 Å². The lowest BCUT2D eigenvalue weighted by molar-refractivity contribution is -0.120. The van der Waals surface area contributed by atoms with Crippen LogP contribution in [-0.2, 0) is 14.8 Å². The predicted octanol–water partition coefficient (Wildman–Crippen LogP) is 4.11. The van der Waals surface area contributed by atoms with Crippen molar-refractivity contribution in [3.63, 3.8) is 0 Å². The summed E-state index contributed by atoms with van der Waals surface area (Å²) in [4.78, 5) is 13.1. The number of hydrogen-bond acceptors (Lipinski definition) is 4. The van der Waals surface area contributed by atoms with E-state index in [9.17, 15) is 13.2 Å². The van der Waals surface area contributed by atoms with Crippen LogP contribution in [0.2, 0.25) is 0 Å². The van der Waals surface area contributed by atoms with E-state index in [1.54, 1.807) is 12.1 Å². The summed E-state index contributed by atoms with van der Waals surface area (Å²) < 4.78 is 33.5. The van der Waals surface area contributed by atoms with Gasteiger partial charge in [-0.05, 0) is 74.2 Å². The van der Waals surface area contributed by atoms with Crippen LogP contribution in [0.3, 0.4) is 0 Å². The highest BCUT2D eigenvalue weighted by Crippen LogP contribution is 2.28. The van der Waals surface area contributed by atoms with Crippen LogP contribution in [-0.4, -0.2) is 38.8 Å². The fraction of sp³-hybridized carbons (Fsp3) is 0.381. The van der Waals surface area contributed by atoms with Crippen LogP contribution in [0, 0.1) is 19.8 Å². The minimum absolute atomic E-state index is 0.145. The Hall–Kier alpha value is -1.90. The van der Waals surface area contributed by atoms with E-state index in [0.29, 0.717) is 25.1 Å². The van der Waals surface area contributed by atoms with Crippen molar-refractivity contribution < 1.29 is 17.9 Å². The molecule has 0 aliphatic carbocycles. The molecular weight excluding hydrogens is 456 g/mol. The Morgan fingerprint density at radius 2 is 1.79 bits per heavy atom. The molecule has 1 saturated heterocycles. The van der Waals surface area contributed by atoms with E-state index in [-0.39, 0.29) is 23.3 Å². The highest BCUT2D eigenvalue weighted by atomic mass is 79.9. The molecule has 1 fully saturated rings. The lowest BCUT2D eigenvalue weighted by atomic mass is 9.98. The smallest absolute Gasteiger partial charge is 0.243 e. The van der Waals surface area contributed by atoms with E-state index in [1.165, 1.54) is 23.5 Å². The lowest BCUT2D eigenvalue weighted by Crippen LogP contribution is -2.43.